The number of likely N-dealkylation sites (tertiary alicyclic amines) is 1. The third-order valence-electron chi connectivity index (χ3n) is 3.42. The van der Waals surface area contributed by atoms with E-state index in [1.165, 1.54) is 0 Å². The van der Waals surface area contributed by atoms with Crippen LogP contribution in [0.1, 0.15) is 33.6 Å². The van der Waals surface area contributed by atoms with Crippen molar-refractivity contribution in [3.8, 4) is 0 Å². The van der Waals surface area contributed by atoms with Crippen molar-refractivity contribution in [2.45, 2.75) is 39.7 Å². The Morgan fingerprint density at radius 1 is 1.41 bits per heavy atom. The maximum absolute atomic E-state index is 12.0. The van der Waals surface area contributed by atoms with Crippen molar-refractivity contribution in [2.75, 3.05) is 13.1 Å². The first-order valence-corrected chi connectivity index (χ1v) is 6.10. The Hall–Kier alpha value is -1.10. The molecule has 1 saturated heterocycles. The van der Waals surface area contributed by atoms with E-state index >= 15 is 0 Å². The van der Waals surface area contributed by atoms with Crippen molar-refractivity contribution in [1.82, 2.24) is 4.90 Å². The topological polar surface area (TPSA) is 89.4 Å². The molecule has 0 aromatic carbocycles. The lowest BCUT2D eigenvalue weighted by atomic mass is 9.89. The van der Waals surface area contributed by atoms with Gasteiger partial charge in [0.2, 0.25) is 11.8 Å². The van der Waals surface area contributed by atoms with Crippen LogP contribution in [0.15, 0.2) is 0 Å². The molecule has 5 heteroatoms. The van der Waals surface area contributed by atoms with E-state index < -0.39 is 11.5 Å². The molecular weight excluding hydrogens is 218 g/mol. The molecule has 0 aromatic rings. The monoisotopic (exact) mass is 241 g/mol. The van der Waals surface area contributed by atoms with Gasteiger partial charge in [-0.3, -0.25) is 9.59 Å². The highest BCUT2D eigenvalue weighted by atomic mass is 16.2. The zero-order valence-electron chi connectivity index (χ0n) is 10.9. The molecule has 0 aromatic heterocycles. The lowest BCUT2D eigenvalue weighted by molar-refractivity contribution is -0.133. The molecule has 5 nitrogen and oxygen atoms in total. The van der Waals surface area contributed by atoms with Crippen LogP contribution in [0.3, 0.4) is 0 Å². The summed E-state index contributed by atoms with van der Waals surface area (Å²) in [5.41, 5.74) is 10.6. The first kappa shape index (κ1) is 14.0. The van der Waals surface area contributed by atoms with Crippen molar-refractivity contribution < 1.29 is 9.59 Å². The van der Waals surface area contributed by atoms with Crippen LogP contribution < -0.4 is 11.5 Å². The van der Waals surface area contributed by atoms with Crippen LogP contribution in [0.25, 0.3) is 0 Å². The number of nitrogens with zero attached hydrogens (tertiary/aromatic N) is 1. The summed E-state index contributed by atoms with van der Waals surface area (Å²) in [6, 6.07) is -0.467. The van der Waals surface area contributed by atoms with Gasteiger partial charge in [-0.1, -0.05) is 13.8 Å². The predicted molar refractivity (Wildman–Crippen MR) is 65.9 cm³/mol. The summed E-state index contributed by atoms with van der Waals surface area (Å²) in [6.07, 6.45) is 1.30. The molecule has 1 fully saturated rings. The van der Waals surface area contributed by atoms with Gasteiger partial charge >= 0.3 is 0 Å². The summed E-state index contributed by atoms with van der Waals surface area (Å²) in [7, 11) is 0. The van der Waals surface area contributed by atoms with E-state index in [2.05, 4.69) is 0 Å². The molecule has 4 N–H and O–H groups in total. The average Bonchev–Trinajstić information content (AvgIpc) is 2.60. The molecule has 0 bridgehead atoms. The molecule has 2 amide bonds. The quantitative estimate of drug-likeness (QED) is 0.730. The van der Waals surface area contributed by atoms with Crippen LogP contribution in [0.4, 0.5) is 0 Å². The number of primary amides is 1. The van der Waals surface area contributed by atoms with Gasteiger partial charge in [-0.2, -0.15) is 0 Å². The zero-order valence-corrected chi connectivity index (χ0v) is 10.9. The van der Waals surface area contributed by atoms with Gasteiger partial charge in [0, 0.05) is 13.1 Å². The molecule has 17 heavy (non-hydrogen) atoms. The Bertz CT molecular complexity index is 317. The van der Waals surface area contributed by atoms with Gasteiger partial charge in [0.15, 0.2) is 0 Å². The SMILES string of the molecule is CC(C)CC(N)C(=O)N1CCC(C)(C(N)=O)C1. The smallest absolute Gasteiger partial charge is 0.239 e. The average molecular weight is 241 g/mol. The number of rotatable bonds is 4. The van der Waals surface area contributed by atoms with E-state index in [0.29, 0.717) is 31.8 Å². The van der Waals surface area contributed by atoms with Gasteiger partial charge < -0.3 is 16.4 Å². The van der Waals surface area contributed by atoms with Crippen LogP contribution in [-0.4, -0.2) is 35.8 Å². The molecule has 1 rings (SSSR count). The Balaban J connectivity index is 2.59. The molecule has 0 saturated carbocycles. The maximum Gasteiger partial charge on any atom is 0.239 e. The molecule has 0 radical (unpaired) electrons. The Morgan fingerprint density at radius 3 is 2.41 bits per heavy atom. The van der Waals surface area contributed by atoms with E-state index in [0.717, 1.165) is 0 Å². The summed E-state index contributed by atoms with van der Waals surface area (Å²) >= 11 is 0. The highest BCUT2D eigenvalue weighted by Crippen LogP contribution is 2.29. The number of hydrogen-bond donors (Lipinski definition) is 2. The molecule has 2 atom stereocenters. The van der Waals surface area contributed by atoms with E-state index in [-0.39, 0.29) is 11.8 Å². The number of carbonyl (C=O) groups is 2. The molecule has 0 aliphatic carbocycles. The minimum Gasteiger partial charge on any atom is -0.369 e. The van der Waals surface area contributed by atoms with Gasteiger partial charge in [-0.05, 0) is 25.7 Å². The van der Waals surface area contributed by atoms with Crippen molar-refractivity contribution in [2.24, 2.45) is 22.8 Å². The number of amides is 2. The minimum atomic E-state index is -0.590. The Kier molecular flexibility index (Phi) is 4.14. The molecule has 2 unspecified atom stereocenters. The predicted octanol–water partition coefficient (Wildman–Crippen LogP) is 0.0837. The van der Waals surface area contributed by atoms with Gasteiger partial charge in [0.1, 0.15) is 0 Å². The normalized spacial score (nSPS) is 26.3. The molecule has 1 heterocycles. The molecular formula is C12H23N3O2. The zero-order chi connectivity index (χ0) is 13.2. The lowest BCUT2D eigenvalue weighted by Gasteiger charge is -2.24. The third kappa shape index (κ3) is 3.19. The standard InChI is InChI=1S/C12H23N3O2/c1-8(2)6-9(13)10(16)15-5-4-12(3,7-15)11(14)17/h8-9H,4-7,13H2,1-3H3,(H2,14,17). The largest absolute Gasteiger partial charge is 0.369 e. The van der Waals surface area contributed by atoms with Crippen molar-refractivity contribution in [1.29, 1.82) is 0 Å². The summed E-state index contributed by atoms with van der Waals surface area (Å²) in [4.78, 5) is 25.0. The third-order valence-corrected chi connectivity index (χ3v) is 3.42. The second-order valence-electron chi connectivity index (χ2n) is 5.67. The Morgan fingerprint density at radius 2 is 2.00 bits per heavy atom. The van der Waals surface area contributed by atoms with E-state index in [1.807, 2.05) is 13.8 Å². The van der Waals surface area contributed by atoms with E-state index in [9.17, 15) is 9.59 Å². The number of carbonyl (C=O) groups excluding carboxylic acids is 2. The highest BCUT2D eigenvalue weighted by Gasteiger charge is 2.41. The summed E-state index contributed by atoms with van der Waals surface area (Å²) in [5.74, 6) is -0.0204. The van der Waals surface area contributed by atoms with Crippen molar-refractivity contribution in [3.63, 3.8) is 0 Å². The maximum atomic E-state index is 12.0. The van der Waals surface area contributed by atoms with Gasteiger partial charge in [-0.25, -0.2) is 0 Å². The van der Waals surface area contributed by atoms with Crippen LogP contribution in [0, 0.1) is 11.3 Å². The summed E-state index contributed by atoms with van der Waals surface area (Å²) < 4.78 is 0. The van der Waals surface area contributed by atoms with Crippen LogP contribution in [0.2, 0.25) is 0 Å². The Labute approximate surface area is 103 Å². The first-order valence-electron chi connectivity index (χ1n) is 6.10. The number of hydrogen-bond acceptors (Lipinski definition) is 3. The fourth-order valence-corrected chi connectivity index (χ4v) is 2.19. The fraction of sp³-hybridized carbons (Fsp3) is 0.833. The first-order chi connectivity index (χ1) is 7.76. The van der Waals surface area contributed by atoms with Gasteiger partial charge in [0.25, 0.3) is 0 Å². The number of nitrogens with two attached hydrogens (primary N) is 2. The van der Waals surface area contributed by atoms with Crippen LogP contribution in [-0.2, 0) is 9.59 Å². The molecule has 1 aliphatic rings. The molecule has 98 valence electrons. The summed E-state index contributed by atoms with van der Waals surface area (Å²) in [5, 5.41) is 0. The highest BCUT2D eigenvalue weighted by molar-refractivity contribution is 5.85. The molecule has 1 aliphatic heterocycles. The van der Waals surface area contributed by atoms with E-state index in [1.54, 1.807) is 11.8 Å². The van der Waals surface area contributed by atoms with Crippen molar-refractivity contribution in [3.05, 3.63) is 0 Å². The van der Waals surface area contributed by atoms with Crippen LogP contribution in [0.5, 0.6) is 0 Å². The minimum absolute atomic E-state index is 0.0660. The lowest BCUT2D eigenvalue weighted by Crippen LogP contribution is -2.45. The van der Waals surface area contributed by atoms with E-state index in [4.69, 9.17) is 11.5 Å². The van der Waals surface area contributed by atoms with Gasteiger partial charge in [-0.15, -0.1) is 0 Å². The molecule has 0 spiro atoms. The summed E-state index contributed by atoms with van der Waals surface area (Å²) in [6.45, 7) is 6.84. The second-order valence-corrected chi connectivity index (χ2v) is 5.67. The fourth-order valence-electron chi connectivity index (χ4n) is 2.19. The van der Waals surface area contributed by atoms with Crippen LogP contribution >= 0.6 is 0 Å². The van der Waals surface area contributed by atoms with Crippen molar-refractivity contribution >= 4 is 11.8 Å². The second kappa shape index (κ2) is 5.04. The van der Waals surface area contributed by atoms with Gasteiger partial charge in [0.05, 0.1) is 11.5 Å².